The Bertz CT molecular complexity index is 1480. The number of benzene rings is 2. The van der Waals surface area contributed by atoms with Crippen molar-refractivity contribution in [1.82, 2.24) is 15.1 Å². The minimum Gasteiger partial charge on any atom is -0.457 e. The zero-order chi connectivity index (χ0) is 34.6. The third-order valence-electron chi connectivity index (χ3n) is 8.41. The van der Waals surface area contributed by atoms with E-state index in [2.05, 4.69) is 26.1 Å². The fourth-order valence-electron chi connectivity index (χ4n) is 5.30. The van der Waals surface area contributed by atoms with Crippen molar-refractivity contribution in [2.24, 2.45) is 0 Å². The molecule has 46 heavy (non-hydrogen) atoms. The Balaban J connectivity index is 2.42. The molecule has 2 aromatic carbocycles. The molecule has 11 heteroatoms. The van der Waals surface area contributed by atoms with Gasteiger partial charge in [0, 0.05) is 26.5 Å². The van der Waals surface area contributed by atoms with Crippen molar-refractivity contribution in [3.05, 3.63) is 78.0 Å². The van der Waals surface area contributed by atoms with Crippen LogP contribution in [0.3, 0.4) is 0 Å². The predicted molar refractivity (Wildman–Crippen MR) is 178 cm³/mol. The Morgan fingerprint density at radius 3 is 1.93 bits per heavy atom. The standard InChI is InChI=1S/C35H47N3O7Si/c1-23(2)44-33(43)31(41)35(36-25(4)39,21-27-17-13-11-14-18-27)38-29(28-19-15-12-16-20-28)22-37(26(5)40)30(32(38)42)24(3)45-46(9,10)34(6,7)8/h11-20,22-24,30H,21H2,1-10H3,(H,36,39)/t24?,30?,35-/m0/s1. The number of hydrogen-bond acceptors (Lipinski definition) is 7. The molecule has 1 aliphatic heterocycles. The summed E-state index contributed by atoms with van der Waals surface area (Å²) in [4.78, 5) is 71.9. The van der Waals surface area contributed by atoms with E-state index in [1.807, 2.05) is 13.1 Å². The summed E-state index contributed by atoms with van der Waals surface area (Å²) < 4.78 is 12.0. The average molecular weight is 650 g/mol. The van der Waals surface area contributed by atoms with Crippen LogP contribution in [0, 0.1) is 0 Å². The van der Waals surface area contributed by atoms with Gasteiger partial charge in [0.1, 0.15) is 6.04 Å². The van der Waals surface area contributed by atoms with E-state index in [1.165, 1.54) is 24.9 Å². The third-order valence-corrected chi connectivity index (χ3v) is 13.0. The first kappa shape index (κ1) is 36.4. The lowest BCUT2D eigenvalue weighted by molar-refractivity contribution is -0.167. The number of nitrogens with one attached hydrogen (secondary N) is 1. The van der Waals surface area contributed by atoms with Gasteiger partial charge < -0.3 is 19.4 Å². The predicted octanol–water partition coefficient (Wildman–Crippen LogP) is 5.05. The second kappa shape index (κ2) is 14.1. The van der Waals surface area contributed by atoms with Crippen LogP contribution < -0.4 is 5.32 Å². The molecule has 0 aliphatic carbocycles. The van der Waals surface area contributed by atoms with Crippen molar-refractivity contribution >= 4 is 43.5 Å². The lowest BCUT2D eigenvalue weighted by atomic mass is 9.88. The van der Waals surface area contributed by atoms with Crippen LogP contribution in [0.5, 0.6) is 0 Å². The first-order chi connectivity index (χ1) is 21.3. The fraction of sp³-hybridized carbons (Fsp3) is 0.457. The van der Waals surface area contributed by atoms with E-state index in [9.17, 15) is 19.2 Å². The number of esters is 1. The Morgan fingerprint density at radius 1 is 0.913 bits per heavy atom. The first-order valence-corrected chi connectivity index (χ1v) is 18.4. The summed E-state index contributed by atoms with van der Waals surface area (Å²) in [6, 6.07) is 16.3. The van der Waals surface area contributed by atoms with E-state index in [4.69, 9.17) is 9.16 Å². The van der Waals surface area contributed by atoms with Gasteiger partial charge in [-0.1, -0.05) is 81.4 Å². The van der Waals surface area contributed by atoms with Crippen molar-refractivity contribution in [2.45, 2.75) is 104 Å². The van der Waals surface area contributed by atoms with Gasteiger partial charge in [-0.05, 0) is 50.0 Å². The molecule has 2 unspecified atom stereocenters. The van der Waals surface area contributed by atoms with E-state index >= 15 is 4.79 Å². The largest absolute Gasteiger partial charge is 0.457 e. The fourth-order valence-corrected chi connectivity index (χ4v) is 6.71. The van der Waals surface area contributed by atoms with Crippen LogP contribution >= 0.6 is 0 Å². The summed E-state index contributed by atoms with van der Waals surface area (Å²) in [5.74, 6) is -4.12. The molecule has 0 spiro atoms. The van der Waals surface area contributed by atoms with Crippen molar-refractivity contribution in [1.29, 1.82) is 0 Å². The smallest absolute Gasteiger partial charge is 0.379 e. The van der Waals surface area contributed by atoms with Crippen LogP contribution in [-0.2, 0) is 39.6 Å². The van der Waals surface area contributed by atoms with Crippen molar-refractivity contribution in [3.63, 3.8) is 0 Å². The van der Waals surface area contributed by atoms with E-state index in [0.29, 0.717) is 11.1 Å². The van der Waals surface area contributed by atoms with Crippen LogP contribution in [-0.4, -0.2) is 71.5 Å². The number of nitrogens with zero attached hydrogens (tertiary/aromatic N) is 2. The molecular formula is C35H47N3O7Si. The summed E-state index contributed by atoms with van der Waals surface area (Å²) in [6.07, 6.45) is -0.238. The summed E-state index contributed by atoms with van der Waals surface area (Å²) >= 11 is 0. The van der Waals surface area contributed by atoms with Crippen LogP contribution in [0.4, 0.5) is 0 Å². The number of carbonyl (C=O) groups excluding carboxylic acids is 5. The molecule has 3 amide bonds. The number of rotatable bonds is 11. The molecule has 1 N–H and O–H groups in total. The number of ether oxygens (including phenoxy) is 1. The SMILES string of the molecule is CC(=O)N[C@](Cc1ccccc1)(C(=O)C(=O)OC(C)C)N1C(=O)C(C(C)O[Si](C)(C)C(C)(C)C)N(C(C)=O)C=C1c1ccccc1. The summed E-state index contributed by atoms with van der Waals surface area (Å²) in [6.45, 7) is 17.8. The zero-order valence-corrected chi connectivity index (χ0v) is 29.5. The molecule has 0 aromatic heterocycles. The minimum atomic E-state index is -2.48. The molecule has 1 heterocycles. The topological polar surface area (TPSA) is 122 Å². The molecule has 3 rings (SSSR count). The normalized spacial score (nSPS) is 17.6. The Kier molecular flexibility index (Phi) is 11.2. The molecule has 10 nitrogen and oxygen atoms in total. The van der Waals surface area contributed by atoms with Gasteiger partial charge in [-0.3, -0.25) is 24.1 Å². The molecule has 0 saturated carbocycles. The average Bonchev–Trinajstić information content (AvgIpc) is 2.95. The van der Waals surface area contributed by atoms with Gasteiger partial charge in [-0.25, -0.2) is 4.79 Å². The van der Waals surface area contributed by atoms with Crippen LogP contribution in [0.1, 0.15) is 66.5 Å². The highest BCUT2D eigenvalue weighted by Gasteiger charge is 2.57. The van der Waals surface area contributed by atoms with E-state index in [1.54, 1.807) is 81.4 Å². The molecule has 2 aromatic rings. The van der Waals surface area contributed by atoms with Gasteiger partial charge in [-0.2, -0.15) is 0 Å². The van der Waals surface area contributed by atoms with Gasteiger partial charge >= 0.3 is 5.97 Å². The molecule has 3 atom stereocenters. The quantitative estimate of drug-likeness (QED) is 0.205. The summed E-state index contributed by atoms with van der Waals surface area (Å²) in [5.41, 5.74) is -1.08. The van der Waals surface area contributed by atoms with Gasteiger partial charge in [0.05, 0.1) is 17.9 Å². The van der Waals surface area contributed by atoms with Crippen molar-refractivity contribution in [2.75, 3.05) is 0 Å². The number of ketones is 1. The second-order valence-corrected chi connectivity index (χ2v) is 18.3. The van der Waals surface area contributed by atoms with Gasteiger partial charge in [0.2, 0.25) is 11.8 Å². The Morgan fingerprint density at radius 2 is 1.46 bits per heavy atom. The van der Waals surface area contributed by atoms with Crippen molar-refractivity contribution < 1.29 is 33.1 Å². The number of Topliss-reactive ketones (excluding diaryl/α,β-unsaturated/α-hetero) is 1. The summed E-state index contributed by atoms with van der Waals surface area (Å²) in [5, 5.41) is 2.50. The first-order valence-electron chi connectivity index (χ1n) is 15.5. The highest BCUT2D eigenvalue weighted by molar-refractivity contribution is 6.74. The second-order valence-electron chi connectivity index (χ2n) is 13.5. The Labute approximate surface area is 273 Å². The molecular weight excluding hydrogens is 602 g/mol. The lowest BCUT2D eigenvalue weighted by Gasteiger charge is -2.50. The van der Waals surface area contributed by atoms with Crippen LogP contribution in [0.25, 0.3) is 5.70 Å². The molecule has 0 fully saturated rings. The monoisotopic (exact) mass is 649 g/mol. The Hall–Kier alpha value is -4.09. The van der Waals surface area contributed by atoms with E-state index in [-0.39, 0.29) is 17.2 Å². The lowest BCUT2D eigenvalue weighted by Crippen LogP contribution is -2.73. The van der Waals surface area contributed by atoms with Crippen LogP contribution in [0.2, 0.25) is 18.1 Å². The van der Waals surface area contributed by atoms with Crippen molar-refractivity contribution in [3.8, 4) is 0 Å². The molecule has 0 radical (unpaired) electrons. The van der Waals surface area contributed by atoms with E-state index < -0.39 is 61.7 Å². The highest BCUT2D eigenvalue weighted by atomic mass is 28.4. The molecule has 0 bridgehead atoms. The van der Waals surface area contributed by atoms with Crippen LogP contribution in [0.15, 0.2) is 66.9 Å². The van der Waals surface area contributed by atoms with Gasteiger partial charge in [-0.15, -0.1) is 0 Å². The molecule has 248 valence electrons. The zero-order valence-electron chi connectivity index (χ0n) is 28.5. The number of carbonyl (C=O) groups is 5. The third kappa shape index (κ3) is 7.82. The highest BCUT2D eigenvalue weighted by Crippen LogP contribution is 2.40. The van der Waals surface area contributed by atoms with Gasteiger partial charge in [0.15, 0.2) is 14.0 Å². The van der Waals surface area contributed by atoms with E-state index in [0.717, 1.165) is 4.90 Å². The summed E-state index contributed by atoms with van der Waals surface area (Å²) in [7, 11) is -2.48. The molecule has 0 saturated heterocycles. The maximum absolute atomic E-state index is 15.1. The minimum absolute atomic E-state index is 0.145. The maximum atomic E-state index is 15.1. The van der Waals surface area contributed by atoms with Gasteiger partial charge in [0.25, 0.3) is 11.7 Å². The molecule has 1 aliphatic rings. The maximum Gasteiger partial charge on any atom is 0.379 e. The number of hydrogen-bond donors (Lipinski definition) is 1. The number of amides is 3.